The number of nitrogens with one attached hydrogen (secondary N) is 2. The van der Waals surface area contributed by atoms with E-state index in [0.717, 1.165) is 12.1 Å². The average molecular weight is 377 g/mol. The Kier molecular flexibility index (Phi) is 5.86. The van der Waals surface area contributed by atoms with Crippen LogP contribution in [0.15, 0.2) is 42.5 Å². The zero-order valence-electron chi connectivity index (χ0n) is 12.6. The second-order valence-electron chi connectivity index (χ2n) is 5.06. The molecular weight excluding hydrogens is 364 g/mol. The molecule has 0 aliphatic carbocycles. The predicted molar refractivity (Wildman–Crippen MR) is 84.8 cm³/mol. The standard InChI is InChI=1S/C16H13ClF4N2O2/c17-12-6-5-9(7-11(12)16(19,20)21)23-15(25)22-8-14(24)10-3-1-2-4-13(10)18/h1-7,14,24H,8H2,(H2,22,23,25). The maximum atomic E-state index is 13.5. The number of carbonyl (C=O) groups excluding carboxylic acids is 1. The topological polar surface area (TPSA) is 61.4 Å². The molecule has 0 fully saturated rings. The summed E-state index contributed by atoms with van der Waals surface area (Å²) in [6.45, 7) is -0.327. The summed E-state index contributed by atoms with van der Waals surface area (Å²) >= 11 is 5.49. The molecule has 2 amide bonds. The fourth-order valence-corrected chi connectivity index (χ4v) is 2.26. The molecule has 0 bridgehead atoms. The molecule has 2 aromatic rings. The Hall–Kier alpha value is -2.32. The van der Waals surface area contributed by atoms with E-state index in [1.54, 1.807) is 0 Å². The Morgan fingerprint density at radius 2 is 1.88 bits per heavy atom. The van der Waals surface area contributed by atoms with Crippen molar-refractivity contribution in [3.63, 3.8) is 0 Å². The Morgan fingerprint density at radius 3 is 2.52 bits per heavy atom. The predicted octanol–water partition coefficient (Wildman–Crippen LogP) is 4.35. The molecule has 0 aromatic heterocycles. The summed E-state index contributed by atoms with van der Waals surface area (Å²) in [4.78, 5) is 11.7. The molecule has 9 heteroatoms. The van der Waals surface area contributed by atoms with Crippen molar-refractivity contribution in [3.8, 4) is 0 Å². The number of hydrogen-bond acceptors (Lipinski definition) is 2. The van der Waals surface area contributed by atoms with Crippen LogP contribution in [-0.2, 0) is 6.18 Å². The molecule has 2 aromatic carbocycles. The number of anilines is 1. The lowest BCUT2D eigenvalue weighted by molar-refractivity contribution is -0.137. The van der Waals surface area contributed by atoms with Crippen molar-refractivity contribution in [1.29, 1.82) is 0 Å². The SMILES string of the molecule is O=C(NCC(O)c1ccccc1F)Nc1ccc(Cl)c(C(F)(F)F)c1. The van der Waals surface area contributed by atoms with E-state index in [1.807, 2.05) is 0 Å². The Morgan fingerprint density at radius 1 is 1.20 bits per heavy atom. The molecule has 2 rings (SSSR count). The van der Waals surface area contributed by atoms with Crippen LogP contribution in [0.1, 0.15) is 17.2 Å². The number of carbonyl (C=O) groups is 1. The molecule has 1 unspecified atom stereocenters. The summed E-state index contributed by atoms with van der Waals surface area (Å²) in [7, 11) is 0. The summed E-state index contributed by atoms with van der Waals surface area (Å²) in [5.41, 5.74) is -1.22. The van der Waals surface area contributed by atoms with Crippen molar-refractivity contribution in [3.05, 3.63) is 64.4 Å². The molecule has 0 saturated heterocycles. The number of hydrogen-bond donors (Lipinski definition) is 3. The second-order valence-corrected chi connectivity index (χ2v) is 5.47. The molecule has 0 spiro atoms. The van der Waals surface area contributed by atoms with E-state index < -0.39 is 34.7 Å². The third-order valence-corrected chi connectivity index (χ3v) is 3.58. The van der Waals surface area contributed by atoms with Crippen LogP contribution in [-0.4, -0.2) is 17.7 Å². The molecule has 3 N–H and O–H groups in total. The van der Waals surface area contributed by atoms with Crippen LogP contribution in [0.3, 0.4) is 0 Å². The van der Waals surface area contributed by atoms with E-state index in [0.29, 0.717) is 6.07 Å². The minimum atomic E-state index is -4.66. The Labute approximate surface area is 145 Å². The van der Waals surface area contributed by atoms with Crippen LogP contribution in [0.4, 0.5) is 28.0 Å². The third kappa shape index (κ3) is 5.07. The van der Waals surface area contributed by atoms with E-state index in [9.17, 15) is 27.5 Å². The lowest BCUT2D eigenvalue weighted by Crippen LogP contribution is -2.32. The lowest BCUT2D eigenvalue weighted by atomic mass is 10.1. The maximum absolute atomic E-state index is 13.5. The third-order valence-electron chi connectivity index (χ3n) is 3.25. The number of rotatable bonds is 4. The number of halogens is 5. The van der Waals surface area contributed by atoms with Crippen molar-refractivity contribution in [2.24, 2.45) is 0 Å². The van der Waals surface area contributed by atoms with E-state index in [-0.39, 0.29) is 17.8 Å². The molecule has 134 valence electrons. The van der Waals surface area contributed by atoms with Gasteiger partial charge in [0, 0.05) is 17.8 Å². The van der Waals surface area contributed by atoms with Gasteiger partial charge >= 0.3 is 12.2 Å². The normalized spacial score (nSPS) is 12.6. The number of aliphatic hydroxyl groups excluding tert-OH is 1. The van der Waals surface area contributed by atoms with Crippen molar-refractivity contribution in [2.45, 2.75) is 12.3 Å². The number of aliphatic hydroxyl groups is 1. The van der Waals surface area contributed by atoms with Gasteiger partial charge in [-0.1, -0.05) is 29.8 Å². The zero-order valence-corrected chi connectivity index (χ0v) is 13.3. The van der Waals surface area contributed by atoms with E-state index in [1.165, 1.54) is 24.3 Å². The van der Waals surface area contributed by atoms with Gasteiger partial charge in [0.2, 0.25) is 0 Å². The fraction of sp³-hybridized carbons (Fsp3) is 0.188. The van der Waals surface area contributed by atoms with Gasteiger partial charge in [-0.2, -0.15) is 13.2 Å². The molecule has 0 aliphatic rings. The van der Waals surface area contributed by atoms with Gasteiger partial charge in [0.25, 0.3) is 0 Å². The molecule has 0 aliphatic heterocycles. The van der Waals surface area contributed by atoms with Crippen molar-refractivity contribution >= 4 is 23.3 Å². The summed E-state index contributed by atoms with van der Waals surface area (Å²) < 4.78 is 51.8. The van der Waals surface area contributed by atoms with Crippen molar-refractivity contribution in [1.82, 2.24) is 5.32 Å². The van der Waals surface area contributed by atoms with Gasteiger partial charge in [-0.05, 0) is 24.3 Å². The number of amides is 2. The highest BCUT2D eigenvalue weighted by Crippen LogP contribution is 2.36. The largest absolute Gasteiger partial charge is 0.417 e. The Bertz CT molecular complexity index is 768. The van der Waals surface area contributed by atoms with Gasteiger partial charge in [-0.3, -0.25) is 0 Å². The van der Waals surface area contributed by atoms with Crippen LogP contribution in [0.25, 0.3) is 0 Å². The first-order valence-corrected chi connectivity index (χ1v) is 7.40. The number of urea groups is 1. The molecule has 4 nitrogen and oxygen atoms in total. The lowest BCUT2D eigenvalue weighted by Gasteiger charge is -2.15. The van der Waals surface area contributed by atoms with Crippen LogP contribution in [0.5, 0.6) is 0 Å². The van der Waals surface area contributed by atoms with E-state index in [2.05, 4.69) is 10.6 Å². The van der Waals surface area contributed by atoms with Gasteiger partial charge in [0.15, 0.2) is 0 Å². The van der Waals surface area contributed by atoms with Crippen LogP contribution < -0.4 is 10.6 Å². The smallest absolute Gasteiger partial charge is 0.386 e. The minimum Gasteiger partial charge on any atom is -0.386 e. The maximum Gasteiger partial charge on any atom is 0.417 e. The number of alkyl halides is 3. The van der Waals surface area contributed by atoms with Gasteiger partial charge in [-0.25, -0.2) is 9.18 Å². The minimum absolute atomic E-state index is 0.00588. The Balaban J connectivity index is 1.98. The van der Waals surface area contributed by atoms with Gasteiger partial charge in [0.05, 0.1) is 16.7 Å². The monoisotopic (exact) mass is 376 g/mol. The first kappa shape index (κ1) is 19.0. The summed E-state index contributed by atoms with van der Waals surface area (Å²) in [6, 6.07) is 7.53. The van der Waals surface area contributed by atoms with E-state index >= 15 is 0 Å². The van der Waals surface area contributed by atoms with Crippen molar-refractivity contribution in [2.75, 3.05) is 11.9 Å². The molecule has 0 saturated carbocycles. The molecule has 0 heterocycles. The van der Waals surface area contributed by atoms with Gasteiger partial charge in [0.1, 0.15) is 5.82 Å². The average Bonchev–Trinajstić information content (AvgIpc) is 2.54. The summed E-state index contributed by atoms with van der Waals surface area (Å²) in [5, 5.41) is 13.8. The highest BCUT2D eigenvalue weighted by Gasteiger charge is 2.33. The molecule has 1 atom stereocenters. The highest BCUT2D eigenvalue weighted by atomic mass is 35.5. The van der Waals surface area contributed by atoms with Crippen LogP contribution >= 0.6 is 11.6 Å². The zero-order chi connectivity index (χ0) is 18.6. The summed E-state index contributed by atoms with van der Waals surface area (Å²) in [6.07, 6.45) is -5.96. The fourth-order valence-electron chi connectivity index (χ4n) is 2.04. The van der Waals surface area contributed by atoms with Crippen molar-refractivity contribution < 1.29 is 27.5 Å². The molecule has 0 radical (unpaired) electrons. The first-order chi connectivity index (χ1) is 11.7. The van der Waals surface area contributed by atoms with Gasteiger partial charge < -0.3 is 15.7 Å². The van der Waals surface area contributed by atoms with Crippen LogP contribution in [0.2, 0.25) is 5.02 Å². The van der Waals surface area contributed by atoms with Gasteiger partial charge in [-0.15, -0.1) is 0 Å². The quantitative estimate of drug-likeness (QED) is 0.695. The molecular formula is C16H13ClF4N2O2. The van der Waals surface area contributed by atoms with Crippen LogP contribution in [0, 0.1) is 5.82 Å². The summed E-state index contributed by atoms with van der Waals surface area (Å²) in [5.74, 6) is -0.635. The van der Waals surface area contributed by atoms with E-state index in [4.69, 9.17) is 11.6 Å². The first-order valence-electron chi connectivity index (χ1n) is 7.02. The number of benzene rings is 2. The molecule has 25 heavy (non-hydrogen) atoms. The highest BCUT2D eigenvalue weighted by molar-refractivity contribution is 6.31. The second kappa shape index (κ2) is 7.71.